The SMILES string of the molecule is COC(C)(C)OO[C@@H]1O[C@H](COCc2ccccc2)[C@@H](OCc2ccccc2)[C@@H](OCc2ccccc2)[C@@H]1O. The lowest BCUT2D eigenvalue weighted by molar-refractivity contribution is -0.487. The molecular weight excluding hydrogens is 500 g/mol. The van der Waals surface area contributed by atoms with Crippen molar-refractivity contribution in [3.63, 3.8) is 0 Å². The fourth-order valence-corrected chi connectivity index (χ4v) is 4.10. The monoisotopic (exact) mass is 538 g/mol. The van der Waals surface area contributed by atoms with E-state index in [1.807, 2.05) is 91.0 Å². The van der Waals surface area contributed by atoms with Gasteiger partial charge in [0.15, 0.2) is 5.79 Å². The van der Waals surface area contributed by atoms with E-state index in [1.54, 1.807) is 13.8 Å². The van der Waals surface area contributed by atoms with Gasteiger partial charge in [0, 0.05) is 7.11 Å². The van der Waals surface area contributed by atoms with Gasteiger partial charge in [-0.05, 0) is 30.5 Å². The molecule has 3 aromatic rings. The van der Waals surface area contributed by atoms with Gasteiger partial charge in [0.2, 0.25) is 6.29 Å². The molecule has 39 heavy (non-hydrogen) atoms. The molecule has 5 atom stereocenters. The van der Waals surface area contributed by atoms with Crippen molar-refractivity contribution >= 4 is 0 Å². The zero-order valence-electron chi connectivity index (χ0n) is 22.7. The van der Waals surface area contributed by atoms with E-state index in [-0.39, 0.29) is 13.2 Å². The van der Waals surface area contributed by atoms with Crippen LogP contribution in [0.2, 0.25) is 0 Å². The van der Waals surface area contributed by atoms with Crippen LogP contribution in [-0.2, 0) is 53.3 Å². The highest BCUT2D eigenvalue weighted by atomic mass is 17.3. The number of ether oxygens (including phenoxy) is 5. The molecule has 0 radical (unpaired) electrons. The molecule has 0 spiro atoms. The minimum atomic E-state index is -1.22. The van der Waals surface area contributed by atoms with E-state index in [0.717, 1.165) is 16.7 Å². The molecule has 0 saturated carbocycles. The van der Waals surface area contributed by atoms with Crippen LogP contribution < -0.4 is 0 Å². The van der Waals surface area contributed by atoms with Gasteiger partial charge in [0.05, 0.1) is 26.4 Å². The highest BCUT2D eigenvalue weighted by Crippen LogP contribution is 2.30. The average molecular weight is 539 g/mol. The molecule has 1 N–H and O–H groups in total. The molecule has 0 unspecified atom stereocenters. The van der Waals surface area contributed by atoms with E-state index >= 15 is 0 Å². The van der Waals surface area contributed by atoms with Gasteiger partial charge in [-0.3, -0.25) is 0 Å². The van der Waals surface area contributed by atoms with Crippen LogP contribution >= 0.6 is 0 Å². The molecule has 0 aliphatic carbocycles. The number of benzene rings is 3. The third-order valence-electron chi connectivity index (χ3n) is 6.41. The summed E-state index contributed by atoms with van der Waals surface area (Å²) in [4.78, 5) is 11.0. The van der Waals surface area contributed by atoms with Gasteiger partial charge in [-0.25, -0.2) is 0 Å². The van der Waals surface area contributed by atoms with Crippen LogP contribution in [0.3, 0.4) is 0 Å². The fourth-order valence-electron chi connectivity index (χ4n) is 4.10. The van der Waals surface area contributed by atoms with E-state index in [2.05, 4.69) is 0 Å². The molecule has 1 aliphatic heterocycles. The quantitative estimate of drug-likeness (QED) is 0.178. The Morgan fingerprint density at radius 1 is 0.718 bits per heavy atom. The molecular formula is C31H38O8. The summed E-state index contributed by atoms with van der Waals surface area (Å²) in [6.07, 6.45) is -4.46. The van der Waals surface area contributed by atoms with Crippen molar-refractivity contribution < 1.29 is 38.6 Å². The summed E-state index contributed by atoms with van der Waals surface area (Å²) in [6, 6.07) is 29.4. The molecule has 0 amide bonds. The van der Waals surface area contributed by atoms with E-state index in [9.17, 15) is 5.11 Å². The summed E-state index contributed by atoms with van der Waals surface area (Å²) >= 11 is 0. The second-order valence-corrected chi connectivity index (χ2v) is 9.84. The van der Waals surface area contributed by atoms with Crippen LogP contribution in [0.5, 0.6) is 0 Å². The lowest BCUT2D eigenvalue weighted by Crippen LogP contribution is -2.61. The Bertz CT molecular complexity index is 1080. The Kier molecular flexibility index (Phi) is 11.0. The molecule has 4 rings (SSSR count). The maximum absolute atomic E-state index is 11.3. The average Bonchev–Trinajstić information content (AvgIpc) is 2.97. The van der Waals surface area contributed by atoms with Crippen molar-refractivity contribution in [2.45, 2.75) is 70.2 Å². The lowest BCUT2D eigenvalue weighted by atomic mass is 9.98. The lowest BCUT2D eigenvalue weighted by Gasteiger charge is -2.44. The summed E-state index contributed by atoms with van der Waals surface area (Å²) in [6.45, 7) is 4.53. The first-order valence-electron chi connectivity index (χ1n) is 13.1. The van der Waals surface area contributed by atoms with Gasteiger partial charge in [-0.15, -0.1) is 0 Å². The fraction of sp³-hybridized carbons (Fsp3) is 0.419. The molecule has 0 bridgehead atoms. The number of hydrogen-bond acceptors (Lipinski definition) is 8. The van der Waals surface area contributed by atoms with Gasteiger partial charge in [-0.2, -0.15) is 9.78 Å². The third-order valence-corrected chi connectivity index (χ3v) is 6.41. The van der Waals surface area contributed by atoms with Crippen molar-refractivity contribution in [2.24, 2.45) is 0 Å². The van der Waals surface area contributed by atoms with Gasteiger partial charge < -0.3 is 28.8 Å². The van der Waals surface area contributed by atoms with Crippen molar-refractivity contribution in [3.05, 3.63) is 108 Å². The summed E-state index contributed by atoms with van der Waals surface area (Å²) in [5.41, 5.74) is 2.98. The number of rotatable bonds is 14. The Morgan fingerprint density at radius 2 is 1.21 bits per heavy atom. The predicted molar refractivity (Wildman–Crippen MR) is 144 cm³/mol. The topological polar surface area (TPSA) is 84.8 Å². The van der Waals surface area contributed by atoms with Crippen LogP contribution in [0.4, 0.5) is 0 Å². The summed E-state index contributed by atoms with van der Waals surface area (Å²) in [5, 5.41) is 11.3. The van der Waals surface area contributed by atoms with Crippen LogP contribution in [0.15, 0.2) is 91.0 Å². The Labute approximate surface area is 230 Å². The second-order valence-electron chi connectivity index (χ2n) is 9.84. The summed E-state index contributed by atoms with van der Waals surface area (Å²) in [5.74, 6) is -1.05. The smallest absolute Gasteiger partial charge is 0.220 e. The first kappa shape index (κ1) is 29.3. The zero-order valence-corrected chi connectivity index (χ0v) is 22.7. The van der Waals surface area contributed by atoms with Crippen molar-refractivity contribution in [3.8, 4) is 0 Å². The van der Waals surface area contributed by atoms with Gasteiger partial charge >= 0.3 is 0 Å². The standard InChI is InChI=1S/C31H38O8/c1-31(2,33-3)39-38-30-27(32)29(36-21-25-17-11-6-12-18-25)28(35-20-24-15-9-5-10-16-24)26(37-30)22-34-19-23-13-7-4-8-14-23/h4-18,26-30,32H,19-22H2,1-3H3/t26-,27+,28-,29+,30+/m1/s1. The molecule has 1 heterocycles. The van der Waals surface area contributed by atoms with Gasteiger partial charge in [0.1, 0.15) is 24.4 Å². The maximum atomic E-state index is 11.3. The number of methoxy groups -OCH3 is 1. The highest BCUT2D eigenvalue weighted by Gasteiger charge is 2.48. The van der Waals surface area contributed by atoms with Crippen LogP contribution in [0.25, 0.3) is 0 Å². The highest BCUT2D eigenvalue weighted by molar-refractivity contribution is 5.15. The minimum absolute atomic E-state index is 0.180. The molecule has 1 saturated heterocycles. The minimum Gasteiger partial charge on any atom is -0.385 e. The number of aliphatic hydroxyl groups is 1. The molecule has 1 fully saturated rings. The number of hydrogen-bond donors (Lipinski definition) is 1. The van der Waals surface area contributed by atoms with E-state index < -0.39 is 36.5 Å². The van der Waals surface area contributed by atoms with Gasteiger partial charge in [-0.1, -0.05) is 91.0 Å². The summed E-state index contributed by atoms with van der Waals surface area (Å²) in [7, 11) is 1.50. The first-order valence-corrected chi connectivity index (χ1v) is 13.1. The van der Waals surface area contributed by atoms with Gasteiger partial charge in [0.25, 0.3) is 0 Å². The van der Waals surface area contributed by atoms with Crippen LogP contribution in [0.1, 0.15) is 30.5 Å². The molecule has 210 valence electrons. The van der Waals surface area contributed by atoms with Crippen molar-refractivity contribution in [2.75, 3.05) is 13.7 Å². The molecule has 1 aliphatic rings. The van der Waals surface area contributed by atoms with Crippen molar-refractivity contribution in [1.29, 1.82) is 0 Å². The Hall–Kier alpha value is -2.66. The third kappa shape index (κ3) is 8.93. The number of aliphatic hydroxyl groups excluding tert-OH is 1. The second kappa shape index (κ2) is 14.6. The molecule has 3 aromatic carbocycles. The predicted octanol–water partition coefficient (Wildman–Crippen LogP) is 4.79. The van der Waals surface area contributed by atoms with E-state index in [1.165, 1.54) is 7.11 Å². The van der Waals surface area contributed by atoms with Crippen molar-refractivity contribution in [1.82, 2.24) is 0 Å². The van der Waals surface area contributed by atoms with E-state index in [0.29, 0.717) is 13.2 Å². The van der Waals surface area contributed by atoms with E-state index in [4.69, 9.17) is 33.5 Å². The molecule has 8 nitrogen and oxygen atoms in total. The Morgan fingerprint density at radius 3 is 1.72 bits per heavy atom. The molecule has 0 aromatic heterocycles. The largest absolute Gasteiger partial charge is 0.385 e. The first-order chi connectivity index (χ1) is 18.9. The van der Waals surface area contributed by atoms with Crippen LogP contribution in [-0.4, -0.2) is 55.3 Å². The molecule has 8 heteroatoms. The zero-order chi connectivity index (χ0) is 27.5. The summed E-state index contributed by atoms with van der Waals surface area (Å²) < 4.78 is 30.1. The Balaban J connectivity index is 1.53. The van der Waals surface area contributed by atoms with Crippen LogP contribution in [0, 0.1) is 0 Å². The maximum Gasteiger partial charge on any atom is 0.220 e. The normalized spacial score (nSPS) is 23.5.